The molecule has 0 amide bonds. The normalized spacial score (nSPS) is 8.45. The topological polar surface area (TPSA) is 132 Å². The molecule has 4 N–H and O–H groups in total. The summed E-state index contributed by atoms with van der Waals surface area (Å²) in [7, 11) is 9.75. The Morgan fingerprint density at radius 3 is 1.59 bits per heavy atom. The summed E-state index contributed by atoms with van der Waals surface area (Å²) >= 11 is -0.472. The number of nitrogens with two attached hydrogens (primary N) is 2. The zero-order valence-electron chi connectivity index (χ0n) is 11.1. The van der Waals surface area contributed by atoms with Crippen LogP contribution < -0.4 is 0 Å². The molecule has 3 rings (SSSR count). The molecule has 9 heteroatoms. The number of hydrogen-bond donors (Lipinski definition) is 0. The summed E-state index contributed by atoms with van der Waals surface area (Å²) < 4.78 is 0. The van der Waals surface area contributed by atoms with E-state index in [4.69, 9.17) is 29.0 Å². The first-order chi connectivity index (χ1) is 9.76. The van der Waals surface area contributed by atoms with Crippen LogP contribution in [0.15, 0.2) is 59.9 Å². The Hall–Kier alpha value is -1.30. The fourth-order valence-electron chi connectivity index (χ4n) is 1.72. The minimum absolute atomic E-state index is 0. The van der Waals surface area contributed by atoms with Crippen LogP contribution in [-0.4, -0.2) is 4.98 Å². The number of nitrogens with zero attached hydrogens (tertiary/aromatic N) is 2. The van der Waals surface area contributed by atoms with Gasteiger partial charge in [0.1, 0.15) is 0 Å². The van der Waals surface area contributed by atoms with Crippen LogP contribution in [0.1, 0.15) is 0 Å². The minimum atomic E-state index is -0.472. The second-order valence-electron chi connectivity index (χ2n) is 3.49. The van der Waals surface area contributed by atoms with E-state index < -0.39 is 16.5 Å². The molecule has 122 valence electrons. The Kier molecular flexibility index (Phi) is 14.0. The molecule has 0 atom stereocenters. The predicted octanol–water partition coefficient (Wildman–Crippen LogP) is 6.45. The first-order valence-electron chi connectivity index (χ1n) is 5.28. The van der Waals surface area contributed by atoms with E-state index in [9.17, 15) is 0 Å². The Balaban J connectivity index is 0. The summed E-state index contributed by atoms with van der Waals surface area (Å²) in [6, 6.07) is 18.6. The van der Waals surface area contributed by atoms with Gasteiger partial charge in [0, 0.05) is 10.8 Å². The van der Waals surface area contributed by atoms with E-state index in [1.807, 2.05) is 36.4 Å². The van der Waals surface area contributed by atoms with E-state index in [0.717, 1.165) is 16.4 Å². The molecule has 0 spiro atoms. The third-order valence-corrected chi connectivity index (χ3v) is 2.43. The number of pyridine rings is 1. The van der Waals surface area contributed by atoms with Gasteiger partial charge in [-0.25, -0.2) is 4.98 Å². The Labute approximate surface area is 144 Å². The number of halogens is 2. The number of benzene rings is 2. The number of hydrogen-bond acceptors (Lipinski definition) is 4. The first-order valence-corrected chi connectivity index (χ1v) is 10.9. The van der Waals surface area contributed by atoms with Crippen molar-refractivity contribution in [2.45, 2.75) is 0 Å². The summed E-state index contributed by atoms with van der Waals surface area (Å²) in [5.74, 6) is 0. The average Bonchev–Trinajstić information content (AvgIpc) is 2.47. The van der Waals surface area contributed by atoms with Gasteiger partial charge in [-0.2, -0.15) is 0 Å². The standard InChI is InChI=1S/C13H9N.2ClH.HNO2.2H2N.Pt/c1-3-7-12-10(5-1)9-11-6-2-4-8-13(11)14-12;;;2-1-3;;;/h1-9H;2*1H;(H,2,3);2*1H2;/q;;;;2*-1;+4/p-3. The van der Waals surface area contributed by atoms with Crippen LogP contribution in [0, 0.1) is 10.1 Å². The van der Waals surface area contributed by atoms with E-state index in [1.54, 1.807) is 0 Å². The largest absolute Gasteiger partial charge is 0.693 e. The Morgan fingerprint density at radius 2 is 1.23 bits per heavy atom. The molecule has 0 saturated carbocycles. The van der Waals surface area contributed by atoms with Crippen molar-refractivity contribution in [2.75, 3.05) is 0 Å². The fourth-order valence-corrected chi connectivity index (χ4v) is 1.72. The summed E-state index contributed by atoms with van der Waals surface area (Å²) in [5.41, 5.74) is 2.12. The van der Waals surface area contributed by atoms with Gasteiger partial charge in [0.05, 0.1) is 11.0 Å². The van der Waals surface area contributed by atoms with E-state index in [1.165, 1.54) is 10.8 Å². The van der Waals surface area contributed by atoms with Gasteiger partial charge in [0.25, 0.3) is 0 Å². The predicted molar refractivity (Wildman–Crippen MR) is 90.7 cm³/mol. The van der Waals surface area contributed by atoms with Crippen molar-refractivity contribution < 1.29 is 16.5 Å². The Morgan fingerprint density at radius 1 is 0.909 bits per heavy atom. The second kappa shape index (κ2) is 13.4. The van der Waals surface area contributed by atoms with Gasteiger partial charge in [-0.1, -0.05) is 36.4 Å². The smallest absolute Gasteiger partial charge is 0.0709 e. The minimum Gasteiger partial charge on any atom is -0.693 e. The molecule has 0 aliphatic heterocycles. The molecule has 22 heavy (non-hydrogen) atoms. The van der Waals surface area contributed by atoms with Crippen LogP contribution in [-0.2, 0) is 16.5 Å². The molecular weight excluding hydrogens is 510 g/mol. The molecule has 0 bridgehead atoms. The molecule has 0 saturated heterocycles. The number of para-hydroxylation sites is 2. The molecule has 6 nitrogen and oxygen atoms in total. The molecule has 2 aromatic carbocycles. The van der Waals surface area contributed by atoms with Crippen LogP contribution in [0.2, 0.25) is 0 Å². The third kappa shape index (κ3) is 7.11. The van der Waals surface area contributed by atoms with Crippen LogP contribution >= 0.6 is 18.8 Å². The molecule has 3 aromatic rings. The monoisotopic (exact) mass is 522 g/mol. The molecule has 0 fully saturated rings. The van der Waals surface area contributed by atoms with Crippen molar-refractivity contribution in [3.8, 4) is 0 Å². The van der Waals surface area contributed by atoms with Crippen molar-refractivity contribution >= 4 is 40.6 Å². The van der Waals surface area contributed by atoms with E-state index in [0.29, 0.717) is 0 Å². The van der Waals surface area contributed by atoms with Crippen molar-refractivity contribution in [3.63, 3.8) is 0 Å². The van der Waals surface area contributed by atoms with Gasteiger partial charge in [0.15, 0.2) is 0 Å². The quantitative estimate of drug-likeness (QED) is 0.191. The van der Waals surface area contributed by atoms with E-state index >= 15 is 0 Å². The van der Waals surface area contributed by atoms with Gasteiger partial charge < -0.3 is 22.4 Å². The summed E-state index contributed by atoms with van der Waals surface area (Å²) in [6.45, 7) is 0. The molecule has 0 unspecified atom stereocenters. The maximum absolute atomic E-state index is 8.00. The Bertz CT molecular complexity index is 583. The van der Waals surface area contributed by atoms with Crippen LogP contribution in [0.4, 0.5) is 0 Å². The van der Waals surface area contributed by atoms with Gasteiger partial charge in [-0.15, -0.1) is 5.34 Å². The number of aromatic nitrogens is 1. The van der Waals surface area contributed by atoms with Crippen molar-refractivity contribution in [1.29, 1.82) is 0 Å². The maximum Gasteiger partial charge on any atom is 0.0709 e. The second-order valence-corrected chi connectivity index (χ2v) is 6.78. The van der Waals surface area contributed by atoms with Crippen molar-refractivity contribution in [1.82, 2.24) is 4.98 Å². The molecule has 1 heterocycles. The zero-order valence-corrected chi connectivity index (χ0v) is 14.9. The molecule has 0 aliphatic rings. The molecule has 1 aromatic heterocycles. The zero-order chi connectivity index (χ0) is 14.8. The summed E-state index contributed by atoms with van der Waals surface area (Å²) in [5, 5.41) is 11.4. The van der Waals surface area contributed by atoms with E-state index in [2.05, 4.69) is 23.2 Å². The SMILES string of the molecule is O=N[O-].[Cl][Pt+2][Cl].[NH2-].[NH2-].c1ccc2nc3ccccc3cc2c1. The van der Waals surface area contributed by atoms with Crippen LogP contribution in [0.25, 0.3) is 34.1 Å². The van der Waals surface area contributed by atoms with Crippen molar-refractivity contribution in [3.05, 3.63) is 77.0 Å². The van der Waals surface area contributed by atoms with Gasteiger partial charge in [-0.3, -0.25) is 0 Å². The van der Waals surface area contributed by atoms with Gasteiger partial charge in [-0.05, 0) is 18.2 Å². The van der Waals surface area contributed by atoms with Gasteiger partial charge in [0.2, 0.25) is 0 Å². The molecular formula is C13H13Cl2N4O2Pt-. The number of rotatable bonds is 0. The number of fused-ring (bicyclic) bond motifs is 2. The third-order valence-electron chi connectivity index (χ3n) is 2.43. The van der Waals surface area contributed by atoms with Gasteiger partial charge >= 0.3 is 35.3 Å². The van der Waals surface area contributed by atoms with Crippen LogP contribution in [0.5, 0.6) is 0 Å². The molecule has 0 radical (unpaired) electrons. The average molecular weight is 523 g/mol. The van der Waals surface area contributed by atoms with Crippen LogP contribution in [0.3, 0.4) is 0 Å². The summed E-state index contributed by atoms with van der Waals surface area (Å²) in [6.07, 6.45) is 0. The van der Waals surface area contributed by atoms with Crippen molar-refractivity contribution in [2.24, 2.45) is 5.34 Å². The molecule has 0 aliphatic carbocycles. The fraction of sp³-hybridized carbons (Fsp3) is 0. The first kappa shape index (κ1) is 23.0. The summed E-state index contributed by atoms with van der Waals surface area (Å²) in [4.78, 5) is 12.6. The van der Waals surface area contributed by atoms with E-state index in [-0.39, 0.29) is 12.3 Å². The maximum atomic E-state index is 8.00.